The lowest BCUT2D eigenvalue weighted by molar-refractivity contribution is -0.386. The van der Waals surface area contributed by atoms with Crippen LogP contribution < -0.4 is 4.74 Å². The van der Waals surface area contributed by atoms with Crippen LogP contribution in [0.3, 0.4) is 0 Å². The van der Waals surface area contributed by atoms with E-state index in [1.807, 2.05) is 19.1 Å². The van der Waals surface area contributed by atoms with E-state index in [0.717, 1.165) is 17.6 Å². The Kier molecular flexibility index (Phi) is 4.16. The highest BCUT2D eigenvalue weighted by molar-refractivity contribution is 5.56. The van der Waals surface area contributed by atoms with Gasteiger partial charge in [0.05, 0.1) is 18.1 Å². The first-order valence-corrected chi connectivity index (χ1v) is 6.22. The third-order valence-corrected chi connectivity index (χ3v) is 3.17. The lowest BCUT2D eigenvalue weighted by Gasteiger charge is -2.15. The summed E-state index contributed by atoms with van der Waals surface area (Å²) in [5.41, 5.74) is 2.59. The monoisotopic (exact) mass is 263 g/mol. The lowest BCUT2D eigenvalue weighted by Crippen LogP contribution is -2.11. The Morgan fingerprint density at radius 2 is 2.11 bits per heavy atom. The summed E-state index contributed by atoms with van der Waals surface area (Å²) in [7, 11) is 0. The molecule has 102 valence electrons. The smallest absolute Gasteiger partial charge is 0.314 e. The van der Waals surface area contributed by atoms with Crippen molar-refractivity contribution in [2.24, 2.45) is 0 Å². The van der Waals surface area contributed by atoms with Crippen LogP contribution in [0.25, 0.3) is 0 Å². The molecule has 5 nitrogen and oxygen atoms in total. The minimum atomic E-state index is -0.379. The van der Waals surface area contributed by atoms with Gasteiger partial charge in [-0.2, -0.15) is 0 Å². The van der Waals surface area contributed by atoms with Crippen LogP contribution in [0, 0.1) is 24.0 Å². The highest BCUT2D eigenvalue weighted by Crippen LogP contribution is 2.34. The zero-order chi connectivity index (χ0) is 13.8. The molecule has 0 aromatic heterocycles. The van der Waals surface area contributed by atoms with E-state index in [0.29, 0.717) is 31.1 Å². The topological polar surface area (TPSA) is 61.6 Å². The van der Waals surface area contributed by atoms with Crippen LogP contribution >= 0.6 is 0 Å². The van der Waals surface area contributed by atoms with Gasteiger partial charge in [0.1, 0.15) is 6.61 Å². The fourth-order valence-electron chi connectivity index (χ4n) is 2.04. The first kappa shape index (κ1) is 13.5. The van der Waals surface area contributed by atoms with Crippen molar-refractivity contribution in [3.05, 3.63) is 45.0 Å². The number of nitro benzene ring substituents is 1. The van der Waals surface area contributed by atoms with Gasteiger partial charge in [0.15, 0.2) is 0 Å². The summed E-state index contributed by atoms with van der Waals surface area (Å²) in [5, 5.41) is 11.1. The summed E-state index contributed by atoms with van der Waals surface area (Å²) < 4.78 is 10.9. The highest BCUT2D eigenvalue weighted by Gasteiger charge is 2.21. The number of nitrogens with zero attached hydrogens (tertiary/aromatic N) is 1. The number of aryl methyl sites for hydroxylation is 2. The van der Waals surface area contributed by atoms with Gasteiger partial charge < -0.3 is 9.47 Å². The molecule has 0 aliphatic carbocycles. The van der Waals surface area contributed by atoms with Crippen LogP contribution in [-0.4, -0.2) is 24.7 Å². The van der Waals surface area contributed by atoms with Crippen LogP contribution in [-0.2, 0) is 4.74 Å². The Morgan fingerprint density at radius 1 is 1.37 bits per heavy atom. The van der Waals surface area contributed by atoms with Gasteiger partial charge in [-0.15, -0.1) is 0 Å². The van der Waals surface area contributed by atoms with Gasteiger partial charge in [-0.3, -0.25) is 10.1 Å². The molecule has 0 atom stereocenters. The van der Waals surface area contributed by atoms with E-state index in [2.05, 4.69) is 0 Å². The van der Waals surface area contributed by atoms with E-state index in [-0.39, 0.29) is 10.6 Å². The number of benzene rings is 1. The molecule has 0 fully saturated rings. The van der Waals surface area contributed by atoms with Crippen molar-refractivity contribution in [2.45, 2.75) is 20.3 Å². The molecule has 0 saturated heterocycles. The van der Waals surface area contributed by atoms with Crippen molar-refractivity contribution in [1.29, 1.82) is 0 Å². The maximum absolute atomic E-state index is 11.1. The lowest BCUT2D eigenvalue weighted by atomic mass is 10.1. The predicted octanol–water partition coefficient (Wildman–Crippen LogP) is 2.94. The summed E-state index contributed by atoms with van der Waals surface area (Å²) in [4.78, 5) is 10.8. The number of ether oxygens (including phenoxy) is 2. The fourth-order valence-corrected chi connectivity index (χ4v) is 2.04. The summed E-state index contributed by atoms with van der Waals surface area (Å²) in [6, 6.07) is 3.59. The van der Waals surface area contributed by atoms with Crippen molar-refractivity contribution in [3.63, 3.8) is 0 Å². The van der Waals surface area contributed by atoms with E-state index in [1.165, 1.54) is 0 Å². The highest BCUT2D eigenvalue weighted by atomic mass is 16.6. The van der Waals surface area contributed by atoms with E-state index < -0.39 is 0 Å². The van der Waals surface area contributed by atoms with E-state index >= 15 is 0 Å². The summed E-state index contributed by atoms with van der Waals surface area (Å²) >= 11 is 0. The zero-order valence-corrected chi connectivity index (χ0v) is 11.1. The third-order valence-electron chi connectivity index (χ3n) is 3.17. The largest absolute Gasteiger partial charge is 0.482 e. The molecule has 0 unspecified atom stereocenters. The maximum atomic E-state index is 11.1. The first-order valence-electron chi connectivity index (χ1n) is 6.22. The Labute approximate surface area is 112 Å². The minimum absolute atomic E-state index is 0.0626. The molecular formula is C14H17NO4. The Balaban J connectivity index is 2.21. The van der Waals surface area contributed by atoms with Gasteiger partial charge in [0.25, 0.3) is 0 Å². The Morgan fingerprint density at radius 3 is 2.74 bits per heavy atom. The third kappa shape index (κ3) is 3.12. The molecule has 19 heavy (non-hydrogen) atoms. The molecule has 0 saturated carbocycles. The van der Waals surface area contributed by atoms with Crippen LogP contribution in [0.1, 0.15) is 17.5 Å². The van der Waals surface area contributed by atoms with E-state index in [1.54, 1.807) is 13.0 Å². The van der Waals surface area contributed by atoms with E-state index in [9.17, 15) is 10.1 Å². The average molecular weight is 263 g/mol. The van der Waals surface area contributed by atoms with Gasteiger partial charge in [0.2, 0.25) is 5.75 Å². The molecule has 0 bridgehead atoms. The molecule has 1 aliphatic heterocycles. The van der Waals surface area contributed by atoms with Gasteiger partial charge in [-0.05, 0) is 31.4 Å². The SMILES string of the molecule is Cc1ccc(C)c([N+](=O)[O-])c1OCC1=CCOCC1. The molecule has 1 heterocycles. The molecule has 1 aromatic carbocycles. The number of hydrogen-bond donors (Lipinski definition) is 0. The quantitative estimate of drug-likeness (QED) is 0.476. The van der Waals surface area contributed by atoms with Crippen molar-refractivity contribution in [1.82, 2.24) is 0 Å². The Hall–Kier alpha value is -1.88. The zero-order valence-electron chi connectivity index (χ0n) is 11.1. The van der Waals surface area contributed by atoms with Crippen molar-refractivity contribution in [3.8, 4) is 5.75 Å². The molecular weight excluding hydrogens is 246 g/mol. The van der Waals surface area contributed by atoms with Crippen LogP contribution in [0.4, 0.5) is 5.69 Å². The van der Waals surface area contributed by atoms with Crippen LogP contribution in [0.5, 0.6) is 5.75 Å². The fraction of sp³-hybridized carbons (Fsp3) is 0.429. The summed E-state index contributed by atoms with van der Waals surface area (Å²) in [6.45, 7) is 5.20. The number of nitro groups is 1. The number of rotatable bonds is 4. The first-order chi connectivity index (χ1) is 9.09. The van der Waals surface area contributed by atoms with E-state index in [4.69, 9.17) is 9.47 Å². The molecule has 1 aliphatic rings. The molecule has 0 spiro atoms. The van der Waals surface area contributed by atoms with Crippen LogP contribution in [0.15, 0.2) is 23.8 Å². The molecule has 1 aromatic rings. The van der Waals surface area contributed by atoms with Crippen molar-refractivity contribution >= 4 is 5.69 Å². The molecule has 0 N–H and O–H groups in total. The predicted molar refractivity (Wildman–Crippen MR) is 71.6 cm³/mol. The normalized spacial score (nSPS) is 14.9. The van der Waals surface area contributed by atoms with Gasteiger partial charge in [0, 0.05) is 5.56 Å². The minimum Gasteiger partial charge on any atom is -0.482 e. The second kappa shape index (κ2) is 5.84. The summed E-state index contributed by atoms with van der Waals surface area (Å²) in [6.07, 6.45) is 2.79. The van der Waals surface area contributed by atoms with Crippen molar-refractivity contribution in [2.75, 3.05) is 19.8 Å². The molecule has 5 heteroatoms. The maximum Gasteiger partial charge on any atom is 0.314 e. The summed E-state index contributed by atoms with van der Waals surface area (Å²) in [5.74, 6) is 0.373. The molecule has 2 rings (SSSR count). The van der Waals surface area contributed by atoms with Gasteiger partial charge in [-0.1, -0.05) is 18.2 Å². The van der Waals surface area contributed by atoms with Crippen molar-refractivity contribution < 1.29 is 14.4 Å². The van der Waals surface area contributed by atoms with Gasteiger partial charge in [-0.25, -0.2) is 0 Å². The standard InChI is InChI=1S/C14H17NO4/c1-10-3-4-11(2)14(13(10)15(16)17)19-9-12-5-7-18-8-6-12/h3-5H,6-9H2,1-2H3. The number of hydrogen-bond acceptors (Lipinski definition) is 4. The second-order valence-electron chi connectivity index (χ2n) is 4.61. The van der Waals surface area contributed by atoms with Gasteiger partial charge >= 0.3 is 5.69 Å². The molecule has 0 amide bonds. The second-order valence-corrected chi connectivity index (χ2v) is 4.61. The molecule has 0 radical (unpaired) electrons. The average Bonchev–Trinajstić information content (AvgIpc) is 2.40. The van der Waals surface area contributed by atoms with Crippen LogP contribution in [0.2, 0.25) is 0 Å². The Bertz CT molecular complexity index is 522.